The van der Waals surface area contributed by atoms with Crippen LogP contribution in [0.4, 0.5) is 9.18 Å². The second-order valence-electron chi connectivity index (χ2n) is 7.99. The van der Waals surface area contributed by atoms with Crippen LogP contribution in [-0.2, 0) is 0 Å². The molecule has 156 valence electrons. The molecule has 2 aliphatic rings. The Hall–Kier alpha value is -1.55. The molecule has 0 heterocycles. The minimum Gasteiger partial charge on any atom is -0.449 e. The lowest BCUT2D eigenvalue weighted by Crippen LogP contribution is -2.23. The molecule has 2 fully saturated rings. The van der Waals surface area contributed by atoms with Gasteiger partial charge in [-0.2, -0.15) is 0 Å². The Kier molecular flexibility index (Phi) is 9.83. The van der Waals surface area contributed by atoms with E-state index in [-0.39, 0.29) is 10.8 Å². The molecule has 28 heavy (non-hydrogen) atoms. The van der Waals surface area contributed by atoms with Crippen molar-refractivity contribution < 1.29 is 19.0 Å². The zero-order valence-electron chi connectivity index (χ0n) is 16.5. The average Bonchev–Trinajstić information content (AvgIpc) is 2.70. The third-order valence-electron chi connectivity index (χ3n) is 6.08. The predicted octanol–water partition coefficient (Wildman–Crippen LogP) is 7.88. The molecule has 0 aromatic heterocycles. The highest BCUT2D eigenvalue weighted by Gasteiger charge is 2.27. The molecule has 2 aliphatic carbocycles. The first-order valence-corrected chi connectivity index (χ1v) is 10.8. The highest BCUT2D eigenvalue weighted by molar-refractivity contribution is 6.30. The summed E-state index contributed by atoms with van der Waals surface area (Å²) < 4.78 is 16.8. The molecular weight excluding hydrogens is 379 g/mol. The quantitative estimate of drug-likeness (QED) is 0.305. The van der Waals surface area contributed by atoms with Gasteiger partial charge in [-0.05, 0) is 55.6 Å². The minimum absolute atomic E-state index is 0.0762. The largest absolute Gasteiger partial charge is 0.511 e. The summed E-state index contributed by atoms with van der Waals surface area (Å²) in [6.45, 7) is 3.83. The topological polar surface area (TPSA) is 46.5 Å². The summed E-state index contributed by atoms with van der Waals surface area (Å²) in [6, 6.07) is 3.38. The van der Waals surface area contributed by atoms with Crippen molar-refractivity contribution in [3.8, 4) is 5.75 Å². The minimum atomic E-state index is -1.49. The molecule has 3 nitrogen and oxygen atoms in total. The van der Waals surface area contributed by atoms with Crippen molar-refractivity contribution in [1.29, 1.82) is 0 Å². The van der Waals surface area contributed by atoms with Crippen LogP contribution in [0.1, 0.15) is 70.6 Å². The first-order chi connectivity index (χ1) is 13.5. The summed E-state index contributed by atoms with van der Waals surface area (Å²) in [5.74, 6) is 2.42. The monoisotopic (exact) mass is 410 g/mol. The van der Waals surface area contributed by atoms with Crippen LogP contribution in [0.3, 0.4) is 0 Å². The Morgan fingerprint density at radius 3 is 2.36 bits per heavy atom. The lowest BCUT2D eigenvalue weighted by Gasteiger charge is -2.35. The van der Waals surface area contributed by atoms with Crippen LogP contribution in [0.25, 0.3) is 0 Å². The molecule has 0 aliphatic heterocycles. The summed E-state index contributed by atoms with van der Waals surface area (Å²) in [5.41, 5.74) is 0. The summed E-state index contributed by atoms with van der Waals surface area (Å²) in [7, 11) is 0. The van der Waals surface area contributed by atoms with E-state index in [2.05, 4.69) is 17.4 Å². The standard InChI is InChI=1S/C16H28.C7H4ClFO3/c1-2-3-7-14-10-12-16(13-11-14)15-8-5-4-6-9-15;8-5-2-1-4(3-6(5)9)12-7(10)11/h2,14-16H,1,3-13H2;1-3H,(H,10,11). The van der Waals surface area contributed by atoms with E-state index in [4.69, 9.17) is 16.7 Å². The zero-order valence-corrected chi connectivity index (χ0v) is 17.3. The van der Waals surface area contributed by atoms with Gasteiger partial charge in [-0.1, -0.05) is 62.6 Å². The molecule has 0 unspecified atom stereocenters. The first-order valence-electron chi connectivity index (χ1n) is 10.5. The molecule has 1 N–H and O–H groups in total. The highest BCUT2D eigenvalue weighted by atomic mass is 35.5. The van der Waals surface area contributed by atoms with Crippen LogP contribution in [0.15, 0.2) is 30.9 Å². The van der Waals surface area contributed by atoms with E-state index in [1.165, 1.54) is 69.9 Å². The predicted molar refractivity (Wildman–Crippen MR) is 112 cm³/mol. The molecule has 5 heteroatoms. The van der Waals surface area contributed by atoms with Crippen molar-refractivity contribution in [2.45, 2.75) is 70.6 Å². The lowest BCUT2D eigenvalue weighted by molar-refractivity contribution is 0.144. The Bertz CT molecular complexity index is 620. The second kappa shape index (κ2) is 12.1. The van der Waals surface area contributed by atoms with Crippen LogP contribution in [0, 0.1) is 23.6 Å². The van der Waals surface area contributed by atoms with Crippen molar-refractivity contribution >= 4 is 17.8 Å². The first kappa shape index (κ1) is 22.7. The van der Waals surface area contributed by atoms with E-state index in [9.17, 15) is 9.18 Å². The summed E-state index contributed by atoms with van der Waals surface area (Å²) in [5, 5.41) is 8.07. The van der Waals surface area contributed by atoms with Gasteiger partial charge in [-0.15, -0.1) is 6.58 Å². The van der Waals surface area contributed by atoms with Crippen molar-refractivity contribution in [3.05, 3.63) is 41.7 Å². The smallest absolute Gasteiger partial charge is 0.449 e. The Morgan fingerprint density at radius 2 is 1.79 bits per heavy atom. The maximum atomic E-state index is 12.6. The number of rotatable bonds is 5. The van der Waals surface area contributed by atoms with Crippen molar-refractivity contribution in [2.24, 2.45) is 17.8 Å². The average molecular weight is 411 g/mol. The number of halogens is 2. The molecule has 1 aromatic rings. The van der Waals surface area contributed by atoms with Crippen LogP contribution in [-0.4, -0.2) is 11.3 Å². The molecule has 2 saturated carbocycles. The van der Waals surface area contributed by atoms with Gasteiger partial charge < -0.3 is 9.84 Å². The maximum Gasteiger partial charge on any atom is 0.511 e. The van der Waals surface area contributed by atoms with Gasteiger partial charge in [0.05, 0.1) is 5.02 Å². The number of hydrogen-bond acceptors (Lipinski definition) is 2. The Morgan fingerprint density at radius 1 is 1.14 bits per heavy atom. The second-order valence-corrected chi connectivity index (χ2v) is 8.40. The van der Waals surface area contributed by atoms with Gasteiger partial charge in [0.2, 0.25) is 0 Å². The maximum absolute atomic E-state index is 12.6. The number of ether oxygens (including phenoxy) is 1. The van der Waals surface area contributed by atoms with E-state index < -0.39 is 12.0 Å². The van der Waals surface area contributed by atoms with Crippen LogP contribution >= 0.6 is 11.6 Å². The highest BCUT2D eigenvalue weighted by Crippen LogP contribution is 2.40. The molecule has 0 amide bonds. The number of hydrogen-bond donors (Lipinski definition) is 1. The van der Waals surface area contributed by atoms with Gasteiger partial charge in [0.25, 0.3) is 0 Å². The van der Waals surface area contributed by atoms with Crippen molar-refractivity contribution in [3.63, 3.8) is 0 Å². The molecule has 0 bridgehead atoms. The van der Waals surface area contributed by atoms with E-state index in [0.29, 0.717) is 0 Å². The molecule has 0 saturated heterocycles. The number of allylic oxidation sites excluding steroid dienone is 1. The summed E-state index contributed by atoms with van der Waals surface area (Å²) >= 11 is 5.34. The molecule has 0 radical (unpaired) electrons. The number of carboxylic acid groups (broad SMARTS) is 1. The molecule has 0 atom stereocenters. The summed E-state index contributed by atoms with van der Waals surface area (Å²) in [6.07, 6.45) is 16.9. The van der Waals surface area contributed by atoms with Gasteiger partial charge in [-0.25, -0.2) is 9.18 Å². The van der Waals surface area contributed by atoms with E-state index >= 15 is 0 Å². The molecule has 1 aromatic carbocycles. The van der Waals surface area contributed by atoms with Gasteiger partial charge in [0, 0.05) is 6.07 Å². The fourth-order valence-electron chi connectivity index (χ4n) is 4.55. The van der Waals surface area contributed by atoms with Crippen LogP contribution in [0.2, 0.25) is 5.02 Å². The Labute approximate surface area is 172 Å². The van der Waals surface area contributed by atoms with Gasteiger partial charge in [0.15, 0.2) is 0 Å². The van der Waals surface area contributed by atoms with Crippen molar-refractivity contribution in [2.75, 3.05) is 0 Å². The third-order valence-corrected chi connectivity index (χ3v) is 6.39. The third kappa shape index (κ3) is 7.83. The van der Waals surface area contributed by atoms with Gasteiger partial charge >= 0.3 is 6.16 Å². The fraction of sp³-hybridized carbons (Fsp3) is 0.609. The normalized spacial score (nSPS) is 22.6. The van der Waals surface area contributed by atoms with Crippen molar-refractivity contribution in [1.82, 2.24) is 0 Å². The van der Waals surface area contributed by atoms with E-state index in [1.54, 1.807) is 12.8 Å². The molecule has 0 spiro atoms. The number of benzene rings is 1. The fourth-order valence-corrected chi connectivity index (χ4v) is 4.67. The van der Waals surface area contributed by atoms with Gasteiger partial charge in [0.1, 0.15) is 11.6 Å². The van der Waals surface area contributed by atoms with Crippen LogP contribution < -0.4 is 4.74 Å². The molecule has 3 rings (SSSR count). The Balaban J connectivity index is 0.000000209. The van der Waals surface area contributed by atoms with E-state index in [1.807, 2.05) is 0 Å². The lowest BCUT2D eigenvalue weighted by atomic mass is 9.70. The summed E-state index contributed by atoms with van der Waals surface area (Å²) in [4.78, 5) is 9.99. The SMILES string of the molecule is C=CCCC1CCC(C2CCCCC2)CC1.O=C(O)Oc1ccc(Cl)c(F)c1. The van der Waals surface area contributed by atoms with Gasteiger partial charge in [-0.3, -0.25) is 0 Å². The van der Waals surface area contributed by atoms with Crippen LogP contribution in [0.5, 0.6) is 5.75 Å². The molecular formula is C23H32ClFO3. The zero-order chi connectivity index (χ0) is 20.4. The number of carbonyl (C=O) groups is 1. The van der Waals surface area contributed by atoms with E-state index in [0.717, 1.165) is 23.8 Å².